The van der Waals surface area contributed by atoms with Crippen molar-refractivity contribution in [3.05, 3.63) is 85.1 Å². The largest absolute Gasteiger partial charge is 0.462 e. The Labute approximate surface area is 370 Å². The average Bonchev–Trinajstić information content (AvgIpc) is 3.24. The van der Waals surface area contributed by atoms with E-state index in [1.807, 2.05) is 0 Å². The molecular formula is C54H93NO5. The van der Waals surface area contributed by atoms with E-state index < -0.39 is 18.2 Å². The lowest BCUT2D eigenvalue weighted by atomic mass is 10.0. The third kappa shape index (κ3) is 41.8. The Bertz CT molecular complexity index is 1160. The standard InChI is InChI=1S/C54H93NO5/c1-4-7-10-13-16-19-22-24-25-26-27-29-32-35-38-41-44-47-54(59)60-50(45-42-39-36-33-31-28-23-20-17-14-11-8-5-2)48-53(58)55-51(49-56)52(57)46-43-40-37-34-30-21-18-15-12-9-6-3/h7,10,16-17,19-20,23-25,27-29,35,38,50-52,56-57H,4-6,8-9,11-15,18,21-22,26,30-34,36-37,39-49H2,1-3H3,(H,55,58)/b10-7-,19-16-,20-17+,25-24-,28-23+,29-27-,38-35-. The van der Waals surface area contributed by atoms with Gasteiger partial charge in [-0.3, -0.25) is 9.59 Å². The minimum absolute atomic E-state index is 0.0372. The molecule has 6 heteroatoms. The minimum atomic E-state index is -0.805. The molecule has 0 aromatic heterocycles. The van der Waals surface area contributed by atoms with Crippen LogP contribution >= 0.6 is 0 Å². The number of esters is 1. The molecule has 6 nitrogen and oxygen atoms in total. The second kappa shape index (κ2) is 47.1. The molecule has 0 saturated carbocycles. The van der Waals surface area contributed by atoms with Crippen molar-refractivity contribution in [2.75, 3.05) is 6.61 Å². The van der Waals surface area contributed by atoms with Crippen LogP contribution in [0, 0.1) is 0 Å². The number of aliphatic hydroxyl groups is 2. The molecule has 3 atom stereocenters. The summed E-state index contributed by atoms with van der Waals surface area (Å²) in [6, 6.07) is -0.723. The van der Waals surface area contributed by atoms with Crippen molar-refractivity contribution in [1.82, 2.24) is 5.32 Å². The fraction of sp³-hybridized carbons (Fsp3) is 0.704. The smallest absolute Gasteiger partial charge is 0.306 e. The zero-order chi connectivity index (χ0) is 43.8. The number of amides is 1. The maximum Gasteiger partial charge on any atom is 0.306 e. The molecule has 0 bridgehead atoms. The molecule has 0 rings (SSSR count). The summed E-state index contributed by atoms with van der Waals surface area (Å²) in [5, 5.41) is 23.7. The van der Waals surface area contributed by atoms with Crippen LogP contribution in [0.1, 0.15) is 220 Å². The van der Waals surface area contributed by atoms with E-state index >= 15 is 0 Å². The Morgan fingerprint density at radius 1 is 0.517 bits per heavy atom. The van der Waals surface area contributed by atoms with Crippen LogP contribution < -0.4 is 5.32 Å². The van der Waals surface area contributed by atoms with Crippen LogP contribution in [0.5, 0.6) is 0 Å². The highest BCUT2D eigenvalue weighted by Crippen LogP contribution is 2.17. The molecule has 0 spiro atoms. The van der Waals surface area contributed by atoms with Crippen LogP contribution in [-0.2, 0) is 14.3 Å². The zero-order valence-electron chi connectivity index (χ0n) is 39.1. The van der Waals surface area contributed by atoms with E-state index in [9.17, 15) is 19.8 Å². The van der Waals surface area contributed by atoms with Crippen LogP contribution in [0.25, 0.3) is 0 Å². The van der Waals surface area contributed by atoms with Gasteiger partial charge in [-0.2, -0.15) is 0 Å². The molecule has 60 heavy (non-hydrogen) atoms. The number of carbonyl (C=O) groups excluding carboxylic acids is 2. The van der Waals surface area contributed by atoms with Gasteiger partial charge < -0.3 is 20.3 Å². The first-order chi connectivity index (χ1) is 29.5. The van der Waals surface area contributed by atoms with Gasteiger partial charge in [0.05, 0.1) is 25.2 Å². The van der Waals surface area contributed by atoms with Gasteiger partial charge in [0, 0.05) is 6.42 Å². The van der Waals surface area contributed by atoms with Gasteiger partial charge in [0.2, 0.25) is 5.91 Å². The van der Waals surface area contributed by atoms with Crippen molar-refractivity contribution in [3.8, 4) is 0 Å². The van der Waals surface area contributed by atoms with E-state index in [-0.39, 0.29) is 24.9 Å². The molecule has 0 heterocycles. The highest BCUT2D eigenvalue weighted by atomic mass is 16.5. The fourth-order valence-corrected chi connectivity index (χ4v) is 6.98. The second-order valence-electron chi connectivity index (χ2n) is 16.5. The number of allylic oxidation sites excluding steroid dienone is 14. The molecular weight excluding hydrogens is 743 g/mol. The van der Waals surface area contributed by atoms with E-state index in [4.69, 9.17) is 4.74 Å². The van der Waals surface area contributed by atoms with Crippen molar-refractivity contribution < 1.29 is 24.5 Å². The van der Waals surface area contributed by atoms with Gasteiger partial charge in [-0.1, -0.05) is 202 Å². The first-order valence-corrected chi connectivity index (χ1v) is 24.8. The van der Waals surface area contributed by atoms with E-state index in [1.54, 1.807) is 0 Å². The van der Waals surface area contributed by atoms with Gasteiger partial charge in [-0.25, -0.2) is 0 Å². The van der Waals surface area contributed by atoms with Crippen LogP contribution in [0.4, 0.5) is 0 Å². The lowest BCUT2D eigenvalue weighted by Gasteiger charge is -2.24. The van der Waals surface area contributed by atoms with Gasteiger partial charge in [-0.15, -0.1) is 0 Å². The summed E-state index contributed by atoms with van der Waals surface area (Å²) in [5.41, 5.74) is 0. The molecule has 3 N–H and O–H groups in total. The fourth-order valence-electron chi connectivity index (χ4n) is 6.98. The SMILES string of the molecule is CC/C=C\C/C=C\C/C=C\C/C=C\C/C=C\CCCC(=O)OC(CCCCCC/C=C/C=C/CCCCC)CC(=O)NC(CO)C(O)CCCCCCCCCCCCC. The first kappa shape index (κ1) is 57.0. The van der Waals surface area contributed by atoms with E-state index in [2.05, 4.69) is 111 Å². The molecule has 344 valence electrons. The van der Waals surface area contributed by atoms with Crippen LogP contribution in [0.3, 0.4) is 0 Å². The number of ether oxygens (including phenoxy) is 1. The van der Waals surface area contributed by atoms with Crippen LogP contribution in [0.15, 0.2) is 85.1 Å². The lowest BCUT2D eigenvalue weighted by Crippen LogP contribution is -2.46. The molecule has 0 aliphatic heterocycles. The second-order valence-corrected chi connectivity index (χ2v) is 16.5. The van der Waals surface area contributed by atoms with Crippen molar-refractivity contribution in [3.63, 3.8) is 0 Å². The van der Waals surface area contributed by atoms with Crippen molar-refractivity contribution in [2.24, 2.45) is 0 Å². The third-order valence-electron chi connectivity index (χ3n) is 10.7. The highest BCUT2D eigenvalue weighted by molar-refractivity contribution is 5.77. The minimum Gasteiger partial charge on any atom is -0.462 e. The third-order valence-corrected chi connectivity index (χ3v) is 10.7. The van der Waals surface area contributed by atoms with Gasteiger partial charge in [0.25, 0.3) is 0 Å². The first-order valence-electron chi connectivity index (χ1n) is 24.8. The predicted octanol–water partition coefficient (Wildman–Crippen LogP) is 14.8. The molecule has 0 saturated heterocycles. The molecule has 0 aliphatic carbocycles. The maximum atomic E-state index is 13.2. The predicted molar refractivity (Wildman–Crippen MR) is 259 cm³/mol. The lowest BCUT2D eigenvalue weighted by molar-refractivity contribution is -0.151. The van der Waals surface area contributed by atoms with Crippen LogP contribution in [-0.4, -0.2) is 46.9 Å². The number of nitrogens with one attached hydrogen (secondary N) is 1. The van der Waals surface area contributed by atoms with Gasteiger partial charge in [0.1, 0.15) is 6.10 Å². The molecule has 1 amide bonds. The Kier molecular flexibility index (Phi) is 44.8. The summed E-state index contributed by atoms with van der Waals surface area (Å²) in [5.74, 6) is -0.570. The summed E-state index contributed by atoms with van der Waals surface area (Å²) in [6.45, 7) is 6.30. The number of unbranched alkanes of at least 4 members (excludes halogenated alkanes) is 18. The Balaban J connectivity index is 4.73. The number of rotatable bonds is 43. The van der Waals surface area contributed by atoms with Crippen LogP contribution in [0.2, 0.25) is 0 Å². The molecule has 0 aliphatic rings. The highest BCUT2D eigenvalue weighted by Gasteiger charge is 2.24. The van der Waals surface area contributed by atoms with E-state index in [0.29, 0.717) is 25.7 Å². The summed E-state index contributed by atoms with van der Waals surface area (Å²) in [7, 11) is 0. The molecule has 0 aromatic carbocycles. The Morgan fingerprint density at radius 3 is 1.48 bits per heavy atom. The molecule has 0 aromatic rings. The van der Waals surface area contributed by atoms with Gasteiger partial charge >= 0.3 is 5.97 Å². The number of hydrogen-bond donors (Lipinski definition) is 3. The molecule has 0 fully saturated rings. The van der Waals surface area contributed by atoms with Crippen molar-refractivity contribution in [2.45, 2.75) is 238 Å². The number of hydrogen-bond acceptors (Lipinski definition) is 5. The summed E-state index contributed by atoms with van der Waals surface area (Å²) < 4.78 is 5.88. The maximum absolute atomic E-state index is 13.2. The Hall–Kier alpha value is -2.96. The quantitative estimate of drug-likeness (QED) is 0.0246. The normalized spacial score (nSPS) is 14.0. The van der Waals surface area contributed by atoms with Crippen molar-refractivity contribution in [1.29, 1.82) is 0 Å². The molecule has 3 unspecified atom stereocenters. The molecule has 0 radical (unpaired) electrons. The monoisotopic (exact) mass is 836 g/mol. The number of carbonyl (C=O) groups is 2. The average molecular weight is 836 g/mol. The zero-order valence-corrected chi connectivity index (χ0v) is 39.1. The van der Waals surface area contributed by atoms with Gasteiger partial charge in [-0.05, 0) is 89.9 Å². The summed E-state index contributed by atoms with van der Waals surface area (Å²) >= 11 is 0. The van der Waals surface area contributed by atoms with Gasteiger partial charge in [0.15, 0.2) is 0 Å². The summed E-state index contributed by atoms with van der Waals surface area (Å²) in [4.78, 5) is 26.1. The van der Waals surface area contributed by atoms with E-state index in [1.165, 1.54) is 70.6 Å². The Morgan fingerprint density at radius 2 is 0.950 bits per heavy atom. The summed E-state index contributed by atoms with van der Waals surface area (Å²) in [6.07, 6.45) is 60.7. The topological polar surface area (TPSA) is 95.9 Å². The number of aliphatic hydroxyl groups excluding tert-OH is 2. The van der Waals surface area contributed by atoms with Crippen molar-refractivity contribution >= 4 is 11.9 Å². The van der Waals surface area contributed by atoms with E-state index in [0.717, 1.165) is 96.3 Å².